The van der Waals surface area contributed by atoms with Crippen LogP contribution in [0.2, 0.25) is 0 Å². The molecule has 0 amide bonds. The van der Waals surface area contributed by atoms with Crippen molar-refractivity contribution >= 4 is 24.8 Å². The fraction of sp³-hybridized carbons (Fsp3) is 0.647. The van der Waals surface area contributed by atoms with Crippen molar-refractivity contribution in [3.63, 3.8) is 0 Å². The van der Waals surface area contributed by atoms with E-state index in [-0.39, 0.29) is 36.7 Å². The van der Waals surface area contributed by atoms with Crippen LogP contribution in [-0.4, -0.2) is 38.2 Å². The largest absolute Gasteiger partial charge is 0.497 e. The van der Waals surface area contributed by atoms with Gasteiger partial charge < -0.3 is 10.1 Å². The molecule has 1 heterocycles. The molecule has 1 atom stereocenters. The molecule has 1 aromatic carbocycles. The zero-order chi connectivity index (χ0) is 14.7. The molecule has 0 spiro atoms. The molecule has 23 heavy (non-hydrogen) atoms. The van der Waals surface area contributed by atoms with Crippen molar-refractivity contribution < 1.29 is 9.13 Å². The van der Waals surface area contributed by atoms with E-state index in [9.17, 15) is 4.39 Å². The Labute approximate surface area is 150 Å². The van der Waals surface area contributed by atoms with Gasteiger partial charge in [-0.15, -0.1) is 24.8 Å². The lowest BCUT2D eigenvalue weighted by Crippen LogP contribution is -2.46. The van der Waals surface area contributed by atoms with Crippen LogP contribution in [0, 0.1) is 11.7 Å². The van der Waals surface area contributed by atoms with E-state index >= 15 is 0 Å². The molecule has 0 radical (unpaired) electrons. The topological polar surface area (TPSA) is 24.5 Å². The smallest absolute Gasteiger partial charge is 0.128 e. The van der Waals surface area contributed by atoms with Crippen molar-refractivity contribution in [3.05, 3.63) is 29.6 Å². The van der Waals surface area contributed by atoms with Gasteiger partial charge in [-0.3, -0.25) is 4.90 Å². The zero-order valence-electron chi connectivity index (χ0n) is 13.6. The van der Waals surface area contributed by atoms with Crippen LogP contribution in [0.3, 0.4) is 0 Å². The van der Waals surface area contributed by atoms with Crippen molar-refractivity contribution in [3.8, 4) is 5.75 Å². The molecule has 0 bridgehead atoms. The number of nitrogens with zero attached hydrogens (tertiary/aromatic N) is 1. The molecule has 1 aliphatic carbocycles. The maximum atomic E-state index is 14.5. The number of ether oxygens (including phenoxy) is 1. The average Bonchev–Trinajstić information content (AvgIpc) is 3.04. The van der Waals surface area contributed by atoms with E-state index in [1.165, 1.54) is 25.7 Å². The van der Waals surface area contributed by atoms with Crippen LogP contribution >= 0.6 is 24.8 Å². The van der Waals surface area contributed by atoms with Gasteiger partial charge in [0.05, 0.1) is 7.11 Å². The highest BCUT2D eigenvalue weighted by Gasteiger charge is 2.33. The van der Waals surface area contributed by atoms with Gasteiger partial charge in [0.1, 0.15) is 11.6 Å². The molecule has 1 N–H and O–H groups in total. The van der Waals surface area contributed by atoms with Crippen LogP contribution in [0.15, 0.2) is 18.2 Å². The van der Waals surface area contributed by atoms with E-state index in [2.05, 4.69) is 10.2 Å². The second-order valence-corrected chi connectivity index (χ2v) is 6.16. The maximum Gasteiger partial charge on any atom is 0.128 e. The lowest BCUT2D eigenvalue weighted by atomic mass is 9.89. The van der Waals surface area contributed by atoms with Gasteiger partial charge >= 0.3 is 0 Å². The fourth-order valence-corrected chi connectivity index (χ4v) is 3.86. The summed E-state index contributed by atoms with van der Waals surface area (Å²) in [6, 6.07) is 5.37. The molecule has 132 valence electrons. The first-order chi connectivity index (χ1) is 10.3. The van der Waals surface area contributed by atoms with Crippen LogP contribution in [0.4, 0.5) is 4.39 Å². The zero-order valence-corrected chi connectivity index (χ0v) is 15.2. The van der Waals surface area contributed by atoms with Gasteiger partial charge in [0.15, 0.2) is 0 Å². The molecule has 3 nitrogen and oxygen atoms in total. The normalized spacial score (nSPS) is 20.4. The summed E-state index contributed by atoms with van der Waals surface area (Å²) in [7, 11) is 1.65. The minimum atomic E-state index is -0.0915. The quantitative estimate of drug-likeness (QED) is 0.878. The Morgan fingerprint density at radius 3 is 2.43 bits per heavy atom. The molecule has 2 aliphatic rings. The number of hydrogen-bond acceptors (Lipinski definition) is 3. The Hall–Kier alpha value is -0.550. The first kappa shape index (κ1) is 20.5. The first-order valence-electron chi connectivity index (χ1n) is 8.08. The predicted molar refractivity (Wildman–Crippen MR) is 96.6 cm³/mol. The molecule has 3 rings (SSSR count). The van der Waals surface area contributed by atoms with E-state index < -0.39 is 0 Å². The van der Waals surface area contributed by atoms with Gasteiger partial charge in [0.25, 0.3) is 0 Å². The van der Waals surface area contributed by atoms with Crippen molar-refractivity contribution in [2.24, 2.45) is 5.92 Å². The average molecular weight is 365 g/mol. The van der Waals surface area contributed by atoms with E-state index in [0.717, 1.165) is 37.5 Å². The molecule has 2 fully saturated rings. The van der Waals surface area contributed by atoms with Crippen LogP contribution in [0.5, 0.6) is 5.75 Å². The summed E-state index contributed by atoms with van der Waals surface area (Å²) < 4.78 is 19.8. The molecule has 1 saturated carbocycles. The first-order valence-corrected chi connectivity index (χ1v) is 8.08. The number of hydrogen-bond donors (Lipinski definition) is 1. The summed E-state index contributed by atoms with van der Waals surface area (Å²) in [5.74, 6) is 1.24. The number of halogens is 3. The second kappa shape index (κ2) is 9.67. The third-order valence-electron chi connectivity index (χ3n) is 4.91. The predicted octanol–water partition coefficient (Wildman–Crippen LogP) is 3.81. The van der Waals surface area contributed by atoms with Crippen molar-refractivity contribution in [1.29, 1.82) is 0 Å². The highest BCUT2D eigenvalue weighted by Crippen LogP contribution is 2.41. The molecule has 0 unspecified atom stereocenters. The van der Waals surface area contributed by atoms with Crippen molar-refractivity contribution in [2.45, 2.75) is 31.7 Å². The number of rotatable bonds is 4. The fourth-order valence-electron chi connectivity index (χ4n) is 3.86. The summed E-state index contributed by atoms with van der Waals surface area (Å²) in [6.45, 7) is 3.99. The van der Waals surface area contributed by atoms with Gasteiger partial charge in [-0.2, -0.15) is 0 Å². The standard InChI is InChI=1S/C17H25FN2O.2ClH/c1-21-14-6-7-16(18)15(12-14)17(13-4-2-3-5-13)20-10-8-19-9-11-20;;/h6-7,12-13,17,19H,2-5,8-11H2,1H3;2*1H/t17-;;/m1../s1. The highest BCUT2D eigenvalue weighted by molar-refractivity contribution is 5.85. The van der Waals surface area contributed by atoms with E-state index in [1.54, 1.807) is 19.2 Å². The van der Waals surface area contributed by atoms with Gasteiger partial charge in [-0.1, -0.05) is 12.8 Å². The third kappa shape index (κ3) is 4.72. The van der Waals surface area contributed by atoms with Crippen LogP contribution in [0.1, 0.15) is 37.3 Å². The Balaban J connectivity index is 0.00000132. The van der Waals surface area contributed by atoms with Gasteiger partial charge in [-0.25, -0.2) is 4.39 Å². The molecule has 6 heteroatoms. The molecule has 1 saturated heterocycles. The summed E-state index contributed by atoms with van der Waals surface area (Å²) in [4.78, 5) is 2.46. The Morgan fingerprint density at radius 1 is 1.17 bits per heavy atom. The van der Waals surface area contributed by atoms with Crippen LogP contribution in [0.25, 0.3) is 0 Å². The number of nitrogens with one attached hydrogen (secondary N) is 1. The SMILES string of the molecule is COc1ccc(F)c([C@@H](C2CCCC2)N2CCNCC2)c1.Cl.Cl. The Kier molecular flexibility index (Phi) is 8.62. The van der Waals surface area contributed by atoms with Crippen LogP contribution < -0.4 is 10.1 Å². The van der Waals surface area contributed by atoms with Crippen LogP contribution in [-0.2, 0) is 0 Å². The summed E-state index contributed by atoms with van der Waals surface area (Å²) in [5, 5.41) is 3.39. The van der Waals surface area contributed by atoms with Crippen molar-refractivity contribution in [1.82, 2.24) is 10.2 Å². The van der Waals surface area contributed by atoms with Gasteiger partial charge in [0.2, 0.25) is 0 Å². The highest BCUT2D eigenvalue weighted by atomic mass is 35.5. The molecular formula is C17H27Cl2FN2O. The molecule has 1 aliphatic heterocycles. The van der Waals surface area contributed by atoms with Gasteiger partial charge in [0, 0.05) is 37.8 Å². The number of benzene rings is 1. The number of piperazine rings is 1. The molecular weight excluding hydrogens is 338 g/mol. The molecule has 0 aromatic heterocycles. The summed E-state index contributed by atoms with van der Waals surface area (Å²) >= 11 is 0. The summed E-state index contributed by atoms with van der Waals surface area (Å²) in [5.41, 5.74) is 0.822. The lowest BCUT2D eigenvalue weighted by Gasteiger charge is -2.38. The van der Waals surface area contributed by atoms with E-state index in [1.807, 2.05) is 6.07 Å². The second-order valence-electron chi connectivity index (χ2n) is 6.16. The Morgan fingerprint density at radius 2 is 1.83 bits per heavy atom. The minimum Gasteiger partial charge on any atom is -0.497 e. The molecule has 1 aromatic rings. The third-order valence-corrected chi connectivity index (χ3v) is 4.91. The number of methoxy groups -OCH3 is 1. The lowest BCUT2D eigenvalue weighted by molar-refractivity contribution is 0.122. The van der Waals surface area contributed by atoms with Gasteiger partial charge in [-0.05, 0) is 37.0 Å². The summed E-state index contributed by atoms with van der Waals surface area (Å²) in [6.07, 6.45) is 4.98. The minimum absolute atomic E-state index is 0. The van der Waals surface area contributed by atoms with Crippen molar-refractivity contribution in [2.75, 3.05) is 33.3 Å². The Bertz CT molecular complexity index is 478. The van der Waals surface area contributed by atoms with E-state index in [4.69, 9.17) is 4.74 Å². The maximum absolute atomic E-state index is 14.5. The monoisotopic (exact) mass is 364 g/mol. The van der Waals surface area contributed by atoms with E-state index in [0.29, 0.717) is 5.92 Å².